The van der Waals surface area contributed by atoms with Gasteiger partial charge in [-0.3, -0.25) is 4.79 Å². The van der Waals surface area contributed by atoms with Gasteiger partial charge in [0.25, 0.3) is 0 Å². The molecular weight excluding hydrogens is 265 g/mol. The minimum atomic E-state index is -4.39. The van der Waals surface area contributed by atoms with E-state index in [1.807, 2.05) is 0 Å². The third kappa shape index (κ3) is 2.84. The van der Waals surface area contributed by atoms with E-state index in [0.29, 0.717) is 5.17 Å². The highest BCUT2D eigenvalue weighted by atomic mass is 32.2. The number of carbonyl (C=O) groups is 1. The van der Waals surface area contributed by atoms with Crippen molar-refractivity contribution in [3.63, 3.8) is 0 Å². The first kappa shape index (κ1) is 12.9. The minimum absolute atomic E-state index is 0.168. The first-order valence-electron chi connectivity index (χ1n) is 5.10. The Balaban J connectivity index is 2.25. The summed E-state index contributed by atoms with van der Waals surface area (Å²) in [5, 5.41) is 2.56. The fourth-order valence-electron chi connectivity index (χ4n) is 1.38. The van der Waals surface area contributed by atoms with Crippen LogP contribution < -0.4 is 5.32 Å². The second kappa shape index (κ2) is 4.64. The number of rotatable bonds is 1. The smallest absolute Gasteiger partial charge is 0.304 e. The van der Waals surface area contributed by atoms with Gasteiger partial charge < -0.3 is 5.32 Å². The lowest BCUT2D eigenvalue weighted by molar-refractivity contribution is -0.137. The predicted octanol–water partition coefficient (Wildman–Crippen LogP) is 2.94. The van der Waals surface area contributed by atoms with Crippen LogP contribution >= 0.6 is 11.8 Å². The Morgan fingerprint density at radius 2 is 2.11 bits per heavy atom. The number of thioether (sulfide) groups is 1. The number of alkyl halides is 3. The van der Waals surface area contributed by atoms with E-state index in [1.165, 1.54) is 23.9 Å². The number of benzene rings is 1. The predicted molar refractivity (Wildman–Crippen MR) is 63.7 cm³/mol. The quantitative estimate of drug-likeness (QED) is 0.855. The summed E-state index contributed by atoms with van der Waals surface area (Å²) >= 11 is 1.19. The first-order chi connectivity index (χ1) is 8.36. The van der Waals surface area contributed by atoms with E-state index in [2.05, 4.69) is 10.3 Å². The van der Waals surface area contributed by atoms with Crippen molar-refractivity contribution in [3.8, 4) is 0 Å². The average molecular weight is 274 g/mol. The maximum absolute atomic E-state index is 12.5. The number of halogens is 3. The highest BCUT2D eigenvalue weighted by Crippen LogP contribution is 2.32. The fraction of sp³-hybridized carbons (Fsp3) is 0.273. The largest absolute Gasteiger partial charge is 0.416 e. The molecule has 1 N–H and O–H groups in total. The summed E-state index contributed by atoms with van der Waals surface area (Å²) in [6.45, 7) is 1.70. The Morgan fingerprint density at radius 1 is 1.39 bits per heavy atom. The summed E-state index contributed by atoms with van der Waals surface area (Å²) < 4.78 is 37.4. The van der Waals surface area contributed by atoms with Gasteiger partial charge in [0.05, 0.1) is 16.5 Å². The Kier molecular flexibility index (Phi) is 3.34. The molecule has 0 spiro atoms. The van der Waals surface area contributed by atoms with Gasteiger partial charge in [-0.05, 0) is 25.1 Å². The molecule has 3 nitrogen and oxygen atoms in total. The average Bonchev–Trinajstić information content (AvgIpc) is 2.57. The van der Waals surface area contributed by atoms with Crippen molar-refractivity contribution in [2.45, 2.75) is 18.3 Å². The zero-order chi connectivity index (χ0) is 13.3. The SMILES string of the molecule is CC1SC(=Nc2cccc(C(F)(F)F)c2)NC1=O. The molecule has 1 aliphatic rings. The molecule has 1 aliphatic heterocycles. The van der Waals surface area contributed by atoms with Crippen LogP contribution in [0.1, 0.15) is 12.5 Å². The summed E-state index contributed by atoms with van der Waals surface area (Å²) in [4.78, 5) is 15.2. The lowest BCUT2D eigenvalue weighted by Gasteiger charge is -2.06. The maximum atomic E-state index is 12.5. The second-order valence-corrected chi connectivity index (χ2v) is 5.04. The minimum Gasteiger partial charge on any atom is -0.304 e. The van der Waals surface area contributed by atoms with Gasteiger partial charge in [0.1, 0.15) is 0 Å². The van der Waals surface area contributed by atoms with Gasteiger partial charge in [-0.15, -0.1) is 0 Å². The van der Waals surface area contributed by atoms with Gasteiger partial charge in [0.2, 0.25) is 5.91 Å². The highest BCUT2D eigenvalue weighted by molar-refractivity contribution is 8.15. The molecule has 1 amide bonds. The van der Waals surface area contributed by atoms with Gasteiger partial charge in [-0.25, -0.2) is 4.99 Å². The molecule has 18 heavy (non-hydrogen) atoms. The van der Waals surface area contributed by atoms with E-state index in [9.17, 15) is 18.0 Å². The molecule has 1 heterocycles. The van der Waals surface area contributed by atoms with Crippen molar-refractivity contribution < 1.29 is 18.0 Å². The van der Waals surface area contributed by atoms with Crippen LogP contribution in [0.25, 0.3) is 0 Å². The Bertz CT molecular complexity index is 513. The molecule has 1 saturated heterocycles. The Morgan fingerprint density at radius 3 is 2.67 bits per heavy atom. The van der Waals surface area contributed by atoms with Crippen molar-refractivity contribution in [2.75, 3.05) is 0 Å². The molecule has 7 heteroatoms. The van der Waals surface area contributed by atoms with E-state index in [1.54, 1.807) is 6.92 Å². The molecule has 0 bridgehead atoms. The summed E-state index contributed by atoms with van der Waals surface area (Å²) in [7, 11) is 0. The number of carbonyl (C=O) groups excluding carboxylic acids is 1. The van der Waals surface area contributed by atoms with Crippen molar-refractivity contribution >= 4 is 28.5 Å². The third-order valence-corrected chi connectivity index (χ3v) is 3.28. The molecule has 1 unspecified atom stereocenters. The Hall–Kier alpha value is -1.50. The third-order valence-electron chi connectivity index (χ3n) is 2.29. The molecule has 0 aromatic heterocycles. The van der Waals surface area contributed by atoms with Crippen LogP contribution in [0.2, 0.25) is 0 Å². The monoisotopic (exact) mass is 274 g/mol. The van der Waals surface area contributed by atoms with Gasteiger partial charge in [0.15, 0.2) is 5.17 Å². The molecule has 1 fully saturated rings. The van der Waals surface area contributed by atoms with Gasteiger partial charge in [-0.2, -0.15) is 13.2 Å². The van der Waals surface area contributed by atoms with E-state index in [4.69, 9.17) is 0 Å². The number of amides is 1. The summed E-state index contributed by atoms with van der Waals surface area (Å²) in [6, 6.07) is 4.67. The number of hydrogen-bond acceptors (Lipinski definition) is 3. The number of nitrogens with one attached hydrogen (secondary N) is 1. The van der Waals surface area contributed by atoms with Crippen LogP contribution in [0, 0.1) is 0 Å². The van der Waals surface area contributed by atoms with Gasteiger partial charge in [0, 0.05) is 0 Å². The zero-order valence-electron chi connectivity index (χ0n) is 9.28. The lowest BCUT2D eigenvalue weighted by Crippen LogP contribution is -2.23. The number of nitrogens with zero attached hydrogens (tertiary/aromatic N) is 1. The van der Waals surface area contributed by atoms with Crippen LogP contribution in [-0.2, 0) is 11.0 Å². The van der Waals surface area contributed by atoms with Crippen molar-refractivity contribution in [3.05, 3.63) is 29.8 Å². The van der Waals surface area contributed by atoms with E-state index in [0.717, 1.165) is 12.1 Å². The van der Waals surface area contributed by atoms with Crippen LogP contribution in [0.3, 0.4) is 0 Å². The number of aliphatic imine (C=N–C) groups is 1. The number of amidine groups is 1. The molecule has 1 aromatic rings. The van der Waals surface area contributed by atoms with Gasteiger partial charge in [-0.1, -0.05) is 17.8 Å². The molecule has 1 atom stereocenters. The Labute approximate surface area is 105 Å². The van der Waals surface area contributed by atoms with Crippen LogP contribution in [0.5, 0.6) is 0 Å². The van der Waals surface area contributed by atoms with E-state index >= 15 is 0 Å². The van der Waals surface area contributed by atoms with Crippen LogP contribution in [0.4, 0.5) is 18.9 Å². The topological polar surface area (TPSA) is 41.5 Å². The van der Waals surface area contributed by atoms with Crippen LogP contribution in [0.15, 0.2) is 29.3 Å². The molecule has 1 aromatic carbocycles. The zero-order valence-corrected chi connectivity index (χ0v) is 10.1. The van der Waals surface area contributed by atoms with Gasteiger partial charge >= 0.3 is 6.18 Å². The van der Waals surface area contributed by atoms with Crippen molar-refractivity contribution in [2.24, 2.45) is 4.99 Å². The molecule has 96 valence electrons. The van der Waals surface area contributed by atoms with E-state index < -0.39 is 11.7 Å². The summed E-state index contributed by atoms with van der Waals surface area (Å²) in [5.41, 5.74) is -0.589. The van der Waals surface area contributed by atoms with Crippen molar-refractivity contribution in [1.82, 2.24) is 5.32 Å². The normalized spacial score (nSPS) is 22.3. The lowest BCUT2D eigenvalue weighted by atomic mass is 10.2. The summed E-state index contributed by atoms with van der Waals surface area (Å²) in [5.74, 6) is -0.189. The summed E-state index contributed by atoms with van der Waals surface area (Å²) in [6.07, 6.45) is -4.39. The van der Waals surface area contributed by atoms with E-state index in [-0.39, 0.29) is 16.8 Å². The second-order valence-electron chi connectivity index (χ2n) is 3.71. The molecule has 0 saturated carbocycles. The van der Waals surface area contributed by atoms with Crippen LogP contribution in [-0.4, -0.2) is 16.3 Å². The van der Waals surface area contributed by atoms with Crippen molar-refractivity contribution in [1.29, 1.82) is 0 Å². The first-order valence-corrected chi connectivity index (χ1v) is 5.98. The molecule has 0 aliphatic carbocycles. The fourth-order valence-corrected chi connectivity index (χ4v) is 2.20. The molecular formula is C11H9F3N2OS. The molecule has 0 radical (unpaired) electrons. The number of hydrogen-bond donors (Lipinski definition) is 1. The maximum Gasteiger partial charge on any atom is 0.416 e. The standard InChI is InChI=1S/C11H9F3N2OS/c1-6-9(17)16-10(18-6)15-8-4-2-3-7(5-8)11(12,13)14/h2-6H,1H3,(H,15,16,17). The molecule has 2 rings (SSSR count). The highest BCUT2D eigenvalue weighted by Gasteiger charge is 2.30.